The van der Waals surface area contributed by atoms with Crippen LogP contribution in [0, 0.1) is 0 Å². The number of hydrogen-bond donors (Lipinski definition) is 1. The molecule has 8 nitrogen and oxygen atoms in total. The fourth-order valence-corrected chi connectivity index (χ4v) is 3.22. The van der Waals surface area contributed by atoms with Gasteiger partial charge in [-0.2, -0.15) is 0 Å². The van der Waals surface area contributed by atoms with Gasteiger partial charge in [-0.3, -0.25) is 9.59 Å². The Morgan fingerprint density at radius 1 is 0.923 bits per heavy atom. The van der Waals surface area contributed by atoms with Gasteiger partial charge < -0.3 is 29.7 Å². The number of nitrogens with zero attached hydrogens (tertiary/aromatic N) is 2. The number of benzene rings is 1. The SMILES string of the molecule is COc1ccc(C(=O)N2CCN(C(=O)C3(N)CC3)CC2)c(OC)c1OC. The molecule has 1 aromatic carbocycles. The second-order valence-electron chi connectivity index (χ2n) is 6.62. The first kappa shape index (κ1) is 18.3. The maximum absolute atomic E-state index is 13.0. The van der Waals surface area contributed by atoms with E-state index in [9.17, 15) is 9.59 Å². The molecule has 0 atom stereocenters. The molecule has 0 bridgehead atoms. The van der Waals surface area contributed by atoms with Crippen molar-refractivity contribution in [1.82, 2.24) is 9.80 Å². The van der Waals surface area contributed by atoms with Crippen LogP contribution < -0.4 is 19.9 Å². The third-order valence-electron chi connectivity index (χ3n) is 5.00. The molecule has 8 heteroatoms. The Morgan fingerprint density at radius 3 is 2.00 bits per heavy atom. The lowest BCUT2D eigenvalue weighted by Gasteiger charge is -2.36. The van der Waals surface area contributed by atoms with E-state index in [1.165, 1.54) is 21.3 Å². The minimum Gasteiger partial charge on any atom is -0.493 e. The number of carbonyl (C=O) groups is 2. The third-order valence-corrected chi connectivity index (χ3v) is 5.00. The minimum absolute atomic E-state index is 0.00621. The van der Waals surface area contributed by atoms with Crippen LogP contribution in [-0.2, 0) is 4.79 Å². The zero-order valence-corrected chi connectivity index (χ0v) is 15.4. The number of rotatable bonds is 5. The smallest absolute Gasteiger partial charge is 0.257 e. The topological polar surface area (TPSA) is 94.3 Å². The molecule has 142 valence electrons. The van der Waals surface area contributed by atoms with Crippen molar-refractivity contribution in [2.75, 3.05) is 47.5 Å². The average molecular weight is 363 g/mol. The van der Waals surface area contributed by atoms with Crippen LogP contribution >= 0.6 is 0 Å². The van der Waals surface area contributed by atoms with Crippen LogP contribution in [0.4, 0.5) is 0 Å². The summed E-state index contributed by atoms with van der Waals surface area (Å²) in [5, 5.41) is 0. The number of amides is 2. The maximum atomic E-state index is 13.0. The van der Waals surface area contributed by atoms with Crippen molar-refractivity contribution in [3.63, 3.8) is 0 Å². The Morgan fingerprint density at radius 2 is 1.50 bits per heavy atom. The first-order chi connectivity index (χ1) is 12.4. The van der Waals surface area contributed by atoms with E-state index in [1.807, 2.05) is 0 Å². The zero-order valence-electron chi connectivity index (χ0n) is 15.4. The normalized spacial score (nSPS) is 18.3. The van der Waals surface area contributed by atoms with Gasteiger partial charge in [0.2, 0.25) is 11.7 Å². The zero-order chi connectivity index (χ0) is 18.9. The Balaban J connectivity index is 1.73. The number of hydrogen-bond acceptors (Lipinski definition) is 6. The summed E-state index contributed by atoms with van der Waals surface area (Å²) in [5.41, 5.74) is 5.73. The van der Waals surface area contributed by atoms with Gasteiger partial charge in [-0.05, 0) is 25.0 Å². The quantitative estimate of drug-likeness (QED) is 0.818. The van der Waals surface area contributed by atoms with Gasteiger partial charge >= 0.3 is 0 Å². The predicted molar refractivity (Wildman–Crippen MR) is 94.7 cm³/mol. The minimum atomic E-state index is -0.668. The second-order valence-corrected chi connectivity index (χ2v) is 6.62. The van der Waals surface area contributed by atoms with Crippen LogP contribution in [-0.4, -0.2) is 74.7 Å². The molecule has 0 spiro atoms. The molecule has 1 aliphatic heterocycles. The van der Waals surface area contributed by atoms with Crippen molar-refractivity contribution in [3.05, 3.63) is 17.7 Å². The van der Waals surface area contributed by atoms with Crippen molar-refractivity contribution in [2.24, 2.45) is 5.73 Å². The molecular weight excluding hydrogens is 338 g/mol. The monoisotopic (exact) mass is 363 g/mol. The Kier molecular flexibility index (Phi) is 4.95. The summed E-state index contributed by atoms with van der Waals surface area (Å²) in [5.74, 6) is 1.05. The summed E-state index contributed by atoms with van der Waals surface area (Å²) in [4.78, 5) is 28.7. The molecule has 0 aromatic heterocycles. The van der Waals surface area contributed by atoms with Gasteiger partial charge in [0.1, 0.15) is 0 Å². The van der Waals surface area contributed by atoms with Crippen LogP contribution in [0.3, 0.4) is 0 Å². The van der Waals surface area contributed by atoms with Gasteiger partial charge in [-0.15, -0.1) is 0 Å². The maximum Gasteiger partial charge on any atom is 0.257 e. The predicted octanol–water partition coefficient (Wildman–Crippen LogP) is 0.488. The van der Waals surface area contributed by atoms with E-state index in [2.05, 4.69) is 0 Å². The molecule has 1 heterocycles. The Labute approximate surface area is 152 Å². The van der Waals surface area contributed by atoms with Gasteiger partial charge in [-0.1, -0.05) is 0 Å². The van der Waals surface area contributed by atoms with Crippen molar-refractivity contribution < 1.29 is 23.8 Å². The number of methoxy groups -OCH3 is 3. The van der Waals surface area contributed by atoms with Gasteiger partial charge in [0, 0.05) is 26.2 Å². The fourth-order valence-electron chi connectivity index (χ4n) is 3.22. The van der Waals surface area contributed by atoms with E-state index in [0.29, 0.717) is 49.0 Å². The summed E-state index contributed by atoms with van der Waals surface area (Å²) in [7, 11) is 4.51. The van der Waals surface area contributed by atoms with Crippen LogP contribution in [0.2, 0.25) is 0 Å². The number of carbonyl (C=O) groups excluding carboxylic acids is 2. The number of piperazine rings is 1. The molecule has 2 N–H and O–H groups in total. The van der Waals surface area contributed by atoms with E-state index in [4.69, 9.17) is 19.9 Å². The average Bonchev–Trinajstić information content (AvgIpc) is 3.44. The summed E-state index contributed by atoms with van der Waals surface area (Å²) >= 11 is 0. The highest BCUT2D eigenvalue weighted by Crippen LogP contribution is 2.40. The highest BCUT2D eigenvalue weighted by atomic mass is 16.5. The van der Waals surface area contributed by atoms with Crippen molar-refractivity contribution in [3.8, 4) is 17.2 Å². The summed E-state index contributed by atoms with van der Waals surface area (Å²) in [6.45, 7) is 1.88. The van der Waals surface area contributed by atoms with Crippen molar-refractivity contribution in [2.45, 2.75) is 18.4 Å². The van der Waals surface area contributed by atoms with Crippen LogP contribution in [0.5, 0.6) is 17.2 Å². The standard InChI is InChI=1S/C18H25N3O5/c1-24-13-5-4-12(14(25-2)15(13)26-3)16(22)20-8-10-21(11-9-20)17(23)18(19)6-7-18/h4-5H,6-11,19H2,1-3H3. The van der Waals surface area contributed by atoms with Crippen LogP contribution in [0.25, 0.3) is 0 Å². The summed E-state index contributed by atoms with van der Waals surface area (Å²) in [6, 6.07) is 3.35. The molecule has 2 fully saturated rings. The highest BCUT2D eigenvalue weighted by Gasteiger charge is 2.48. The Bertz CT molecular complexity index is 709. The highest BCUT2D eigenvalue weighted by molar-refractivity contribution is 5.98. The van der Waals surface area contributed by atoms with Gasteiger partial charge in [0.15, 0.2) is 11.5 Å². The lowest BCUT2D eigenvalue weighted by Crippen LogP contribution is -2.55. The summed E-state index contributed by atoms with van der Waals surface area (Å²) in [6.07, 6.45) is 1.49. The number of nitrogens with two attached hydrogens (primary N) is 1. The van der Waals surface area contributed by atoms with E-state index in [0.717, 1.165) is 12.8 Å². The van der Waals surface area contributed by atoms with Crippen molar-refractivity contribution >= 4 is 11.8 Å². The number of ether oxygens (including phenoxy) is 3. The molecule has 26 heavy (non-hydrogen) atoms. The lowest BCUT2D eigenvalue weighted by atomic mass is 10.1. The molecule has 2 aliphatic rings. The first-order valence-electron chi connectivity index (χ1n) is 8.61. The lowest BCUT2D eigenvalue weighted by molar-refractivity contribution is -0.135. The van der Waals surface area contributed by atoms with Crippen molar-refractivity contribution in [1.29, 1.82) is 0 Å². The molecule has 1 aliphatic carbocycles. The van der Waals surface area contributed by atoms with E-state index >= 15 is 0 Å². The van der Waals surface area contributed by atoms with E-state index < -0.39 is 5.54 Å². The third kappa shape index (κ3) is 3.16. The molecule has 1 saturated heterocycles. The van der Waals surface area contributed by atoms with Crippen LogP contribution in [0.1, 0.15) is 23.2 Å². The Hall–Kier alpha value is -2.48. The molecule has 0 unspecified atom stereocenters. The molecule has 1 aromatic rings. The van der Waals surface area contributed by atoms with Gasteiger partial charge in [0.05, 0.1) is 32.4 Å². The van der Waals surface area contributed by atoms with Gasteiger partial charge in [0.25, 0.3) is 5.91 Å². The van der Waals surface area contributed by atoms with E-state index in [1.54, 1.807) is 21.9 Å². The molecule has 3 rings (SSSR count). The van der Waals surface area contributed by atoms with Crippen LogP contribution in [0.15, 0.2) is 12.1 Å². The van der Waals surface area contributed by atoms with E-state index in [-0.39, 0.29) is 11.8 Å². The molecule has 1 saturated carbocycles. The fraction of sp³-hybridized carbons (Fsp3) is 0.556. The first-order valence-corrected chi connectivity index (χ1v) is 8.61. The summed E-state index contributed by atoms with van der Waals surface area (Å²) < 4.78 is 16.0. The second kappa shape index (κ2) is 7.03. The largest absolute Gasteiger partial charge is 0.493 e. The van der Waals surface area contributed by atoms with Gasteiger partial charge in [-0.25, -0.2) is 0 Å². The molecule has 2 amide bonds. The molecular formula is C18H25N3O5. The molecule has 0 radical (unpaired) electrons.